The van der Waals surface area contributed by atoms with Crippen molar-refractivity contribution in [2.45, 2.75) is 77.8 Å². The highest BCUT2D eigenvalue weighted by Crippen LogP contribution is 2.31. The van der Waals surface area contributed by atoms with Crippen molar-refractivity contribution in [3.63, 3.8) is 0 Å². The number of allylic oxidation sites excluding steroid dienone is 1. The molecule has 0 spiro atoms. The summed E-state index contributed by atoms with van der Waals surface area (Å²) in [6.45, 7) is 2.34. The van der Waals surface area contributed by atoms with Gasteiger partial charge in [0.25, 0.3) is 0 Å². The molecule has 2 aliphatic rings. The van der Waals surface area contributed by atoms with E-state index in [-0.39, 0.29) is 23.6 Å². The lowest BCUT2D eigenvalue weighted by atomic mass is 9.84. The number of anilines is 1. The summed E-state index contributed by atoms with van der Waals surface area (Å²) in [6.07, 6.45) is 7.50. The predicted molar refractivity (Wildman–Crippen MR) is 116 cm³/mol. The molecule has 1 amide bonds. The molecule has 1 aliphatic heterocycles. The first-order chi connectivity index (χ1) is 15.9. The highest BCUT2D eigenvalue weighted by atomic mass is 16.9. The zero-order valence-electron chi connectivity index (χ0n) is 18.7. The van der Waals surface area contributed by atoms with Gasteiger partial charge in [0.2, 0.25) is 5.88 Å². The van der Waals surface area contributed by atoms with Crippen LogP contribution in [0.1, 0.15) is 65.2 Å². The zero-order valence-corrected chi connectivity index (χ0v) is 18.7. The van der Waals surface area contributed by atoms with Crippen molar-refractivity contribution in [1.29, 1.82) is 0 Å². The molecule has 1 unspecified atom stereocenters. The van der Waals surface area contributed by atoms with E-state index < -0.39 is 24.4 Å². The van der Waals surface area contributed by atoms with E-state index in [2.05, 4.69) is 17.3 Å². The van der Waals surface area contributed by atoms with Gasteiger partial charge in [-0.25, -0.2) is 24.4 Å². The molecule has 1 aromatic rings. The summed E-state index contributed by atoms with van der Waals surface area (Å²) in [5.74, 6) is 0.883. The Balaban J connectivity index is 1.46. The summed E-state index contributed by atoms with van der Waals surface area (Å²) in [7, 11) is 0. The monoisotopic (exact) mass is 466 g/mol. The quantitative estimate of drug-likeness (QED) is 0.280. The van der Waals surface area contributed by atoms with Gasteiger partial charge >= 0.3 is 24.4 Å². The molecule has 1 atom stereocenters. The van der Waals surface area contributed by atoms with Crippen LogP contribution in [0.4, 0.5) is 15.4 Å². The number of unbranched alkanes of at least 4 members (excludes halogenated alkanes) is 2. The maximum Gasteiger partial charge on any atom is 0.514 e. The Morgan fingerprint density at radius 2 is 1.97 bits per heavy atom. The summed E-state index contributed by atoms with van der Waals surface area (Å²) in [5.41, 5.74) is 3.37. The van der Waals surface area contributed by atoms with Gasteiger partial charge in [-0.05, 0) is 44.6 Å². The predicted octanol–water partition coefficient (Wildman–Crippen LogP) is 3.61. The highest BCUT2D eigenvalue weighted by Gasteiger charge is 2.32. The first kappa shape index (κ1) is 24.2. The van der Waals surface area contributed by atoms with Crippen LogP contribution < -0.4 is 16.5 Å². The van der Waals surface area contributed by atoms with E-state index in [9.17, 15) is 14.4 Å². The number of hydrazine groups is 1. The third-order valence-electron chi connectivity index (χ3n) is 5.57. The lowest BCUT2D eigenvalue weighted by Gasteiger charge is -2.28. The molecule has 0 saturated heterocycles. The van der Waals surface area contributed by atoms with E-state index in [1.165, 1.54) is 44.9 Å². The summed E-state index contributed by atoms with van der Waals surface area (Å²) in [4.78, 5) is 38.6. The Morgan fingerprint density at radius 1 is 1.21 bits per heavy atom. The van der Waals surface area contributed by atoms with Crippen LogP contribution in [0.5, 0.6) is 0 Å². The van der Waals surface area contributed by atoms with Crippen LogP contribution in [0.3, 0.4) is 0 Å². The van der Waals surface area contributed by atoms with Crippen LogP contribution in [0, 0.1) is 5.92 Å². The number of carboxylic acid groups (broad SMARTS) is 1. The normalized spacial score (nSPS) is 22.2. The van der Waals surface area contributed by atoms with Gasteiger partial charge in [-0.2, -0.15) is 4.98 Å². The van der Waals surface area contributed by atoms with E-state index in [4.69, 9.17) is 24.1 Å². The number of hydrogen-bond acceptors (Lipinski definition) is 9. The topological polar surface area (TPSA) is 150 Å². The molecule has 1 fully saturated rings. The van der Waals surface area contributed by atoms with Crippen molar-refractivity contribution in [1.82, 2.24) is 15.0 Å². The number of ether oxygens (including phenoxy) is 4. The van der Waals surface area contributed by atoms with Gasteiger partial charge in [-0.3, -0.25) is 5.43 Å². The molecule has 12 heteroatoms. The summed E-state index contributed by atoms with van der Waals surface area (Å²) in [5, 5.41) is 8.58. The molecular weight excluding hydrogens is 436 g/mol. The fraction of sp³-hybridized carbons (Fsp3) is 0.619. The standard InChI is InChI=1S/C21H30N4O8/c1-3-4-5-6-14-7-9-15(10-8-14)31-20(29)33-21-30-13(2)17(32-21)25-12-11-16(22-18(25)26)23-24-19(27)28/h11-12,14-15,21,24H,3-10H2,1-2H3,(H,27,28)(H,22,23,26). The Morgan fingerprint density at radius 3 is 2.64 bits per heavy atom. The fourth-order valence-corrected chi connectivity index (χ4v) is 3.88. The van der Waals surface area contributed by atoms with E-state index >= 15 is 0 Å². The maximum absolute atomic E-state index is 12.3. The largest absolute Gasteiger partial charge is 0.514 e. The van der Waals surface area contributed by atoms with Gasteiger partial charge in [-0.1, -0.05) is 32.6 Å². The molecule has 33 heavy (non-hydrogen) atoms. The number of hydrogen-bond donors (Lipinski definition) is 3. The van der Waals surface area contributed by atoms with Crippen LogP contribution in [0.2, 0.25) is 0 Å². The van der Waals surface area contributed by atoms with Crippen molar-refractivity contribution in [3.8, 4) is 0 Å². The SMILES string of the molecule is CCCCCC1CCC(OC(=O)OC2OC(C)=C(n3ccc(NNC(=O)O)nc3=O)O2)CC1. The van der Waals surface area contributed by atoms with Gasteiger partial charge in [0, 0.05) is 6.20 Å². The smallest absolute Gasteiger partial charge is 0.464 e. The second-order valence-electron chi connectivity index (χ2n) is 8.03. The maximum atomic E-state index is 12.3. The molecule has 12 nitrogen and oxygen atoms in total. The minimum absolute atomic E-state index is 0.00405. The molecule has 0 radical (unpaired) electrons. The van der Waals surface area contributed by atoms with Crippen molar-refractivity contribution in [3.05, 3.63) is 28.5 Å². The Hall–Kier alpha value is -3.44. The van der Waals surface area contributed by atoms with Gasteiger partial charge in [0.05, 0.1) is 0 Å². The average Bonchev–Trinajstić information content (AvgIpc) is 3.13. The Kier molecular flexibility index (Phi) is 8.39. The van der Waals surface area contributed by atoms with E-state index in [0.717, 1.165) is 30.3 Å². The molecular formula is C21H30N4O8. The third-order valence-corrected chi connectivity index (χ3v) is 5.57. The van der Waals surface area contributed by atoms with E-state index in [1.54, 1.807) is 0 Å². The Bertz CT molecular complexity index is 923. The second-order valence-corrected chi connectivity index (χ2v) is 8.03. The van der Waals surface area contributed by atoms with Crippen molar-refractivity contribution >= 4 is 23.9 Å². The van der Waals surface area contributed by atoms with Gasteiger partial charge < -0.3 is 24.1 Å². The van der Waals surface area contributed by atoms with Gasteiger partial charge in [0.15, 0.2) is 11.6 Å². The first-order valence-corrected chi connectivity index (χ1v) is 11.1. The number of rotatable bonds is 9. The lowest BCUT2D eigenvalue weighted by Crippen LogP contribution is -2.31. The van der Waals surface area contributed by atoms with Crippen LogP contribution in [-0.2, 0) is 18.9 Å². The molecule has 1 aliphatic carbocycles. The van der Waals surface area contributed by atoms with Crippen LogP contribution in [-0.4, -0.2) is 39.5 Å². The van der Waals surface area contributed by atoms with E-state index in [1.807, 2.05) is 5.43 Å². The number of amides is 1. The summed E-state index contributed by atoms with van der Waals surface area (Å²) < 4.78 is 22.3. The van der Waals surface area contributed by atoms with Crippen molar-refractivity contribution in [2.24, 2.45) is 5.92 Å². The first-order valence-electron chi connectivity index (χ1n) is 11.1. The number of nitrogens with one attached hydrogen (secondary N) is 2. The molecule has 3 rings (SSSR count). The zero-order chi connectivity index (χ0) is 23.8. The summed E-state index contributed by atoms with van der Waals surface area (Å²) in [6, 6.07) is 1.35. The highest BCUT2D eigenvalue weighted by molar-refractivity contribution is 5.66. The second kappa shape index (κ2) is 11.4. The third kappa shape index (κ3) is 7.02. The van der Waals surface area contributed by atoms with E-state index in [0.29, 0.717) is 5.92 Å². The van der Waals surface area contributed by atoms with Crippen LogP contribution in [0.25, 0.3) is 5.88 Å². The van der Waals surface area contributed by atoms with Crippen molar-refractivity contribution < 1.29 is 33.6 Å². The van der Waals surface area contributed by atoms with Crippen molar-refractivity contribution in [2.75, 3.05) is 5.43 Å². The fourth-order valence-electron chi connectivity index (χ4n) is 3.88. The number of carbonyl (C=O) groups is 2. The molecule has 0 bridgehead atoms. The number of nitrogens with zero attached hydrogens (tertiary/aromatic N) is 2. The molecule has 182 valence electrons. The van der Waals surface area contributed by atoms with Gasteiger partial charge in [0.1, 0.15) is 6.10 Å². The molecule has 3 N–H and O–H groups in total. The van der Waals surface area contributed by atoms with Crippen LogP contribution >= 0.6 is 0 Å². The van der Waals surface area contributed by atoms with Gasteiger partial charge in [-0.15, -0.1) is 0 Å². The molecule has 1 aromatic heterocycles. The average molecular weight is 466 g/mol. The number of carbonyl (C=O) groups excluding carboxylic acids is 1. The van der Waals surface area contributed by atoms with Crippen LogP contribution in [0.15, 0.2) is 22.8 Å². The molecule has 2 heterocycles. The number of aromatic nitrogens is 2. The lowest BCUT2D eigenvalue weighted by molar-refractivity contribution is -0.200. The molecule has 0 aromatic carbocycles. The minimum Gasteiger partial charge on any atom is -0.464 e. The Labute approximate surface area is 190 Å². The molecule has 1 saturated carbocycles. The minimum atomic E-state index is -1.39. The summed E-state index contributed by atoms with van der Waals surface area (Å²) >= 11 is 0.